The number of amides is 1. The Morgan fingerprint density at radius 2 is 1.72 bits per heavy atom. The van der Waals surface area contributed by atoms with Crippen molar-refractivity contribution in [3.63, 3.8) is 0 Å². The van der Waals surface area contributed by atoms with Crippen LogP contribution < -0.4 is 15.4 Å². The first-order valence-corrected chi connectivity index (χ1v) is 14.9. The molecule has 0 aromatic heterocycles. The third kappa shape index (κ3) is 5.91. The summed E-state index contributed by atoms with van der Waals surface area (Å²) in [5.41, 5.74) is 5.04. The molecule has 39 heavy (non-hydrogen) atoms. The zero-order valence-corrected chi connectivity index (χ0v) is 22.5. The Morgan fingerprint density at radius 1 is 0.974 bits per heavy atom. The van der Waals surface area contributed by atoms with E-state index in [9.17, 15) is 13.2 Å². The van der Waals surface area contributed by atoms with Crippen LogP contribution in [0.2, 0.25) is 0 Å². The van der Waals surface area contributed by atoms with Crippen molar-refractivity contribution in [1.82, 2.24) is 9.62 Å². The van der Waals surface area contributed by atoms with Crippen LogP contribution in [0.5, 0.6) is 0 Å². The molecule has 0 unspecified atom stereocenters. The number of nitrogens with zero attached hydrogens (tertiary/aromatic N) is 1. The van der Waals surface area contributed by atoms with Gasteiger partial charge in [-0.2, -0.15) is 0 Å². The highest BCUT2D eigenvalue weighted by Gasteiger charge is 2.31. The number of rotatable bonds is 9. The maximum atomic E-state index is 13.3. The summed E-state index contributed by atoms with van der Waals surface area (Å²) in [6.45, 7) is 4.67. The summed E-state index contributed by atoms with van der Waals surface area (Å²) < 4.78 is 34.2. The number of benzene rings is 3. The standard InChI is InChI=1S/C30H32N4O4S/c35-30-28(26-18-25(12-13-27(26)33-30)39(36,37)31-19-21-6-7-21)29(23-4-2-1-3-5-23)32-24-10-8-22(9-11-24)20-34-14-16-38-17-15-34/h1-5,8-13,18,21,31-32H,6-7,14-17,19-20H2,(H,33,35)/b29-28-. The van der Waals surface area contributed by atoms with E-state index in [1.165, 1.54) is 5.56 Å². The molecule has 6 rings (SSSR count). The van der Waals surface area contributed by atoms with Gasteiger partial charge in [0.1, 0.15) is 0 Å². The molecule has 0 atom stereocenters. The number of carbonyl (C=O) groups excluding carboxylic acids is 1. The topological polar surface area (TPSA) is 99.8 Å². The van der Waals surface area contributed by atoms with Crippen LogP contribution in [0.1, 0.15) is 29.5 Å². The van der Waals surface area contributed by atoms with E-state index < -0.39 is 10.0 Å². The molecule has 9 heteroatoms. The van der Waals surface area contributed by atoms with Gasteiger partial charge in [-0.25, -0.2) is 13.1 Å². The molecule has 2 fully saturated rings. The van der Waals surface area contributed by atoms with Gasteiger partial charge in [0.2, 0.25) is 10.0 Å². The molecule has 3 aromatic rings. The number of ether oxygens (including phenoxy) is 1. The van der Waals surface area contributed by atoms with E-state index in [2.05, 4.69) is 32.4 Å². The number of morpholine rings is 1. The second kappa shape index (κ2) is 10.9. The Labute approximate surface area is 229 Å². The van der Waals surface area contributed by atoms with E-state index in [-0.39, 0.29) is 10.8 Å². The van der Waals surface area contributed by atoms with Gasteiger partial charge >= 0.3 is 0 Å². The molecule has 1 saturated heterocycles. The lowest BCUT2D eigenvalue weighted by Crippen LogP contribution is -2.35. The third-order valence-electron chi connectivity index (χ3n) is 7.35. The molecule has 1 saturated carbocycles. The SMILES string of the molecule is O=C1Nc2ccc(S(=O)(=O)NCC3CC3)cc2/C1=C(/Nc1ccc(CN2CCOCC2)cc1)c1ccccc1. The number of nitrogens with one attached hydrogen (secondary N) is 3. The van der Waals surface area contributed by atoms with Crippen molar-refractivity contribution in [3.05, 3.63) is 89.5 Å². The number of carbonyl (C=O) groups is 1. The first-order chi connectivity index (χ1) is 19.0. The van der Waals surface area contributed by atoms with Gasteiger partial charge in [0.05, 0.1) is 29.4 Å². The highest BCUT2D eigenvalue weighted by molar-refractivity contribution is 7.89. The molecule has 0 bridgehead atoms. The molecule has 8 nitrogen and oxygen atoms in total. The lowest BCUT2D eigenvalue weighted by atomic mass is 10.00. The van der Waals surface area contributed by atoms with Crippen LogP contribution in [-0.2, 0) is 26.1 Å². The predicted molar refractivity (Wildman–Crippen MR) is 152 cm³/mol. The van der Waals surface area contributed by atoms with Crippen LogP contribution in [0, 0.1) is 5.92 Å². The Bertz CT molecular complexity index is 1490. The van der Waals surface area contributed by atoms with Gasteiger partial charge in [-0.05, 0) is 60.2 Å². The van der Waals surface area contributed by atoms with Crippen LogP contribution in [0.15, 0.2) is 77.7 Å². The Balaban J connectivity index is 1.33. The van der Waals surface area contributed by atoms with Crippen molar-refractivity contribution in [2.45, 2.75) is 24.3 Å². The van der Waals surface area contributed by atoms with Gasteiger partial charge in [-0.3, -0.25) is 9.69 Å². The molecule has 0 radical (unpaired) electrons. The minimum Gasteiger partial charge on any atom is -0.379 e. The molecule has 1 amide bonds. The number of hydrogen-bond donors (Lipinski definition) is 3. The molecule has 3 aromatic carbocycles. The molecule has 3 aliphatic rings. The van der Waals surface area contributed by atoms with Crippen molar-refractivity contribution >= 4 is 38.6 Å². The largest absolute Gasteiger partial charge is 0.379 e. The van der Waals surface area contributed by atoms with Gasteiger partial charge in [-0.1, -0.05) is 42.5 Å². The number of sulfonamides is 1. The molecule has 1 aliphatic carbocycles. The van der Waals surface area contributed by atoms with Crippen LogP contribution >= 0.6 is 0 Å². The Hall–Kier alpha value is -3.50. The summed E-state index contributed by atoms with van der Waals surface area (Å²) in [6, 6.07) is 22.6. The second-order valence-corrected chi connectivity index (χ2v) is 12.1. The fourth-order valence-corrected chi connectivity index (χ4v) is 6.08. The van der Waals surface area contributed by atoms with Crippen LogP contribution in [-0.4, -0.2) is 52.1 Å². The maximum Gasteiger partial charge on any atom is 0.258 e. The molecular weight excluding hydrogens is 512 g/mol. The van der Waals surface area contributed by atoms with Crippen molar-refractivity contribution < 1.29 is 17.9 Å². The van der Waals surface area contributed by atoms with Crippen LogP contribution in [0.25, 0.3) is 11.3 Å². The summed E-state index contributed by atoms with van der Waals surface area (Å²) in [7, 11) is -3.69. The van der Waals surface area contributed by atoms with Crippen LogP contribution in [0.3, 0.4) is 0 Å². The fourth-order valence-electron chi connectivity index (χ4n) is 4.93. The third-order valence-corrected chi connectivity index (χ3v) is 8.77. The highest BCUT2D eigenvalue weighted by Crippen LogP contribution is 2.39. The van der Waals surface area contributed by atoms with Gasteiger partial charge in [0.25, 0.3) is 5.91 Å². The molecule has 202 valence electrons. The summed E-state index contributed by atoms with van der Waals surface area (Å²) in [6.07, 6.45) is 2.11. The summed E-state index contributed by atoms with van der Waals surface area (Å²) in [5.74, 6) is 0.142. The Kier molecular flexibility index (Phi) is 7.22. The first-order valence-electron chi connectivity index (χ1n) is 13.4. The summed E-state index contributed by atoms with van der Waals surface area (Å²) in [5, 5.41) is 6.38. The molecule has 3 N–H and O–H groups in total. The number of hydrogen-bond acceptors (Lipinski definition) is 6. The van der Waals surface area contributed by atoms with Crippen molar-refractivity contribution in [3.8, 4) is 0 Å². The average Bonchev–Trinajstić information content (AvgIpc) is 3.73. The lowest BCUT2D eigenvalue weighted by Gasteiger charge is -2.26. The fraction of sp³-hybridized carbons (Fsp3) is 0.300. The zero-order chi connectivity index (χ0) is 26.8. The van der Waals surface area contributed by atoms with Crippen molar-refractivity contribution in [2.75, 3.05) is 43.5 Å². The lowest BCUT2D eigenvalue weighted by molar-refractivity contribution is -0.110. The average molecular weight is 545 g/mol. The minimum absolute atomic E-state index is 0.149. The van der Waals surface area contributed by atoms with E-state index in [1.807, 2.05) is 42.5 Å². The maximum absolute atomic E-state index is 13.3. The van der Waals surface area contributed by atoms with Gasteiger partial charge in [0.15, 0.2) is 0 Å². The van der Waals surface area contributed by atoms with Gasteiger partial charge in [-0.15, -0.1) is 0 Å². The summed E-state index contributed by atoms with van der Waals surface area (Å²) in [4.78, 5) is 15.8. The molecular formula is C30H32N4O4S. The normalized spacial score (nSPS) is 18.9. The van der Waals surface area contributed by atoms with Crippen molar-refractivity contribution in [1.29, 1.82) is 0 Å². The summed E-state index contributed by atoms with van der Waals surface area (Å²) >= 11 is 0. The van der Waals surface area contributed by atoms with E-state index in [0.717, 1.165) is 56.9 Å². The quantitative estimate of drug-likeness (QED) is 0.350. The zero-order valence-electron chi connectivity index (χ0n) is 21.7. The van der Waals surface area contributed by atoms with E-state index in [1.54, 1.807) is 18.2 Å². The highest BCUT2D eigenvalue weighted by atomic mass is 32.2. The molecule has 0 spiro atoms. The van der Waals surface area contributed by atoms with Crippen LogP contribution in [0.4, 0.5) is 11.4 Å². The molecule has 2 heterocycles. The molecule has 2 aliphatic heterocycles. The predicted octanol–water partition coefficient (Wildman–Crippen LogP) is 4.14. The van der Waals surface area contributed by atoms with Gasteiger partial charge < -0.3 is 15.4 Å². The first kappa shape index (κ1) is 25.8. The Morgan fingerprint density at radius 3 is 2.44 bits per heavy atom. The number of anilines is 2. The van der Waals surface area contributed by atoms with Gasteiger partial charge in [0, 0.05) is 43.1 Å². The van der Waals surface area contributed by atoms with E-state index in [4.69, 9.17) is 4.74 Å². The number of fused-ring (bicyclic) bond motifs is 1. The van der Waals surface area contributed by atoms with E-state index in [0.29, 0.717) is 35.0 Å². The second-order valence-electron chi connectivity index (χ2n) is 10.3. The smallest absolute Gasteiger partial charge is 0.258 e. The monoisotopic (exact) mass is 544 g/mol. The minimum atomic E-state index is -3.69. The van der Waals surface area contributed by atoms with Crippen molar-refractivity contribution in [2.24, 2.45) is 5.92 Å². The van der Waals surface area contributed by atoms with E-state index >= 15 is 0 Å².